The minimum atomic E-state index is -1.04. The number of carboxylic acids is 1. The van der Waals surface area contributed by atoms with Crippen molar-refractivity contribution < 1.29 is 19.5 Å². The molecule has 1 saturated heterocycles. The van der Waals surface area contributed by atoms with E-state index < -0.39 is 11.9 Å². The number of fused-ring (bicyclic) bond motifs is 1. The van der Waals surface area contributed by atoms with Crippen molar-refractivity contribution in [2.24, 2.45) is 0 Å². The summed E-state index contributed by atoms with van der Waals surface area (Å²) in [6.45, 7) is 0. The number of imide groups is 1. The van der Waals surface area contributed by atoms with E-state index in [0.29, 0.717) is 23.0 Å². The molecule has 2 N–H and O–H groups in total. The Morgan fingerprint density at radius 3 is 2.81 bits per heavy atom. The third-order valence-electron chi connectivity index (χ3n) is 3.48. The Kier molecular flexibility index (Phi) is 3.09. The number of carboxylic acid groups (broad SMARTS) is 1. The Labute approximate surface area is 119 Å². The summed E-state index contributed by atoms with van der Waals surface area (Å²) in [5, 5.41) is 11.9. The molecule has 1 aliphatic rings. The third kappa shape index (κ3) is 2.33. The van der Waals surface area contributed by atoms with Gasteiger partial charge >= 0.3 is 5.97 Å². The number of benzene rings is 1. The van der Waals surface area contributed by atoms with Crippen molar-refractivity contribution in [2.75, 3.05) is 0 Å². The molecule has 2 amide bonds. The fourth-order valence-corrected chi connectivity index (χ4v) is 2.44. The van der Waals surface area contributed by atoms with E-state index in [-0.39, 0.29) is 23.8 Å². The molecular weight excluding hydrogens is 274 g/mol. The summed E-state index contributed by atoms with van der Waals surface area (Å²) in [5.74, 6) is -2.24. The Hall–Kier alpha value is -2.83. The smallest absolute Gasteiger partial charge is 0.335 e. The molecular formula is C14H11N3O4. The van der Waals surface area contributed by atoms with E-state index >= 15 is 0 Å². The van der Waals surface area contributed by atoms with Crippen LogP contribution in [0.25, 0.3) is 10.9 Å². The van der Waals surface area contributed by atoms with E-state index in [9.17, 15) is 14.4 Å². The quantitative estimate of drug-likeness (QED) is 0.792. The number of carbonyl (C=O) groups excluding carboxylic acids is 2. The first-order chi connectivity index (χ1) is 10.1. The third-order valence-corrected chi connectivity index (χ3v) is 3.48. The first-order valence-corrected chi connectivity index (χ1v) is 6.38. The monoisotopic (exact) mass is 285 g/mol. The number of carbonyl (C=O) groups is 3. The van der Waals surface area contributed by atoms with Gasteiger partial charge in [0.25, 0.3) is 0 Å². The van der Waals surface area contributed by atoms with Gasteiger partial charge in [0, 0.05) is 11.8 Å². The van der Waals surface area contributed by atoms with Crippen LogP contribution in [0.1, 0.15) is 34.8 Å². The average Bonchev–Trinajstić information content (AvgIpc) is 2.46. The molecule has 1 atom stereocenters. The summed E-state index contributed by atoms with van der Waals surface area (Å²) in [6.07, 6.45) is 1.94. The molecule has 1 aromatic carbocycles. The highest BCUT2D eigenvalue weighted by molar-refractivity contribution is 6.02. The Balaban J connectivity index is 2.09. The molecule has 0 spiro atoms. The van der Waals surface area contributed by atoms with Crippen LogP contribution >= 0.6 is 0 Å². The number of hydrogen-bond donors (Lipinski definition) is 2. The van der Waals surface area contributed by atoms with Crippen LogP contribution in [0.5, 0.6) is 0 Å². The molecule has 1 unspecified atom stereocenters. The van der Waals surface area contributed by atoms with Gasteiger partial charge in [0.1, 0.15) is 6.33 Å². The van der Waals surface area contributed by atoms with Gasteiger partial charge in [-0.05, 0) is 18.6 Å². The summed E-state index contributed by atoms with van der Waals surface area (Å²) in [4.78, 5) is 42.3. The highest BCUT2D eigenvalue weighted by atomic mass is 16.4. The van der Waals surface area contributed by atoms with Crippen LogP contribution in [-0.4, -0.2) is 32.9 Å². The van der Waals surface area contributed by atoms with Gasteiger partial charge < -0.3 is 5.11 Å². The largest absolute Gasteiger partial charge is 0.478 e. The Morgan fingerprint density at radius 1 is 1.29 bits per heavy atom. The predicted octanol–water partition coefficient (Wildman–Crippen LogP) is 0.848. The lowest BCUT2D eigenvalue weighted by molar-refractivity contribution is -0.134. The molecule has 1 aliphatic heterocycles. The number of amides is 2. The maximum Gasteiger partial charge on any atom is 0.335 e. The minimum absolute atomic E-state index is 0.121. The SMILES string of the molecule is O=C1CCC(c2ncnc3cc(C(=O)O)ccc23)C(=O)N1. The molecule has 7 heteroatoms. The van der Waals surface area contributed by atoms with Crippen molar-refractivity contribution in [1.29, 1.82) is 0 Å². The number of aromatic nitrogens is 2. The number of nitrogens with one attached hydrogen (secondary N) is 1. The predicted molar refractivity (Wildman–Crippen MR) is 71.6 cm³/mol. The van der Waals surface area contributed by atoms with Crippen LogP contribution in [0, 0.1) is 0 Å². The van der Waals surface area contributed by atoms with Crippen LogP contribution in [0.4, 0.5) is 0 Å². The van der Waals surface area contributed by atoms with E-state index in [1.54, 1.807) is 6.07 Å². The normalized spacial score (nSPS) is 18.6. The first kappa shape index (κ1) is 13.2. The van der Waals surface area contributed by atoms with Crippen LogP contribution in [0.2, 0.25) is 0 Å². The van der Waals surface area contributed by atoms with Gasteiger partial charge in [0.2, 0.25) is 11.8 Å². The fourth-order valence-electron chi connectivity index (χ4n) is 2.44. The average molecular weight is 285 g/mol. The summed E-state index contributed by atoms with van der Waals surface area (Å²) in [7, 11) is 0. The van der Waals surface area contributed by atoms with E-state index in [1.165, 1.54) is 18.5 Å². The Morgan fingerprint density at radius 2 is 2.10 bits per heavy atom. The van der Waals surface area contributed by atoms with Gasteiger partial charge in [-0.3, -0.25) is 14.9 Å². The zero-order chi connectivity index (χ0) is 15.0. The van der Waals surface area contributed by atoms with E-state index in [4.69, 9.17) is 5.11 Å². The van der Waals surface area contributed by atoms with Crippen LogP contribution in [-0.2, 0) is 9.59 Å². The summed E-state index contributed by atoms with van der Waals surface area (Å²) in [5.41, 5.74) is 1.10. The van der Waals surface area contributed by atoms with Crippen molar-refractivity contribution >= 4 is 28.7 Å². The second kappa shape index (κ2) is 4.93. The number of hydrogen-bond acceptors (Lipinski definition) is 5. The van der Waals surface area contributed by atoms with Crippen molar-refractivity contribution in [3.63, 3.8) is 0 Å². The molecule has 1 aromatic heterocycles. The summed E-state index contributed by atoms with van der Waals surface area (Å²) in [6, 6.07) is 4.48. The van der Waals surface area contributed by atoms with E-state index in [0.717, 1.165) is 0 Å². The summed E-state index contributed by atoms with van der Waals surface area (Å²) < 4.78 is 0. The van der Waals surface area contributed by atoms with Crippen LogP contribution in [0.3, 0.4) is 0 Å². The van der Waals surface area contributed by atoms with Gasteiger partial charge in [0.05, 0.1) is 22.7 Å². The topological polar surface area (TPSA) is 109 Å². The molecule has 21 heavy (non-hydrogen) atoms. The second-order valence-electron chi connectivity index (χ2n) is 4.80. The standard InChI is InChI=1S/C14H11N3O4/c18-11-4-3-9(13(19)17-11)12-8-2-1-7(14(20)21)5-10(8)15-6-16-12/h1-2,5-6,9H,3-4H2,(H,20,21)(H,17,18,19). The highest BCUT2D eigenvalue weighted by Gasteiger charge is 2.30. The molecule has 1 fully saturated rings. The maximum atomic E-state index is 11.9. The van der Waals surface area contributed by atoms with Gasteiger partial charge in [-0.25, -0.2) is 14.8 Å². The van der Waals surface area contributed by atoms with Crippen molar-refractivity contribution in [3.8, 4) is 0 Å². The lowest BCUT2D eigenvalue weighted by atomic mass is 9.92. The van der Waals surface area contributed by atoms with E-state index in [2.05, 4.69) is 15.3 Å². The van der Waals surface area contributed by atoms with Gasteiger partial charge in [-0.2, -0.15) is 0 Å². The number of nitrogens with zero attached hydrogens (tertiary/aromatic N) is 2. The van der Waals surface area contributed by atoms with Gasteiger partial charge in [0.15, 0.2) is 0 Å². The lowest BCUT2D eigenvalue weighted by Gasteiger charge is -2.21. The minimum Gasteiger partial charge on any atom is -0.478 e. The van der Waals surface area contributed by atoms with Crippen LogP contribution < -0.4 is 5.32 Å². The fraction of sp³-hybridized carbons (Fsp3) is 0.214. The molecule has 7 nitrogen and oxygen atoms in total. The molecule has 3 rings (SSSR count). The molecule has 2 heterocycles. The first-order valence-electron chi connectivity index (χ1n) is 6.38. The summed E-state index contributed by atoms with van der Waals surface area (Å²) >= 11 is 0. The second-order valence-corrected chi connectivity index (χ2v) is 4.80. The van der Waals surface area contributed by atoms with Crippen molar-refractivity contribution in [3.05, 3.63) is 35.8 Å². The maximum absolute atomic E-state index is 11.9. The van der Waals surface area contributed by atoms with Gasteiger partial charge in [-0.15, -0.1) is 0 Å². The Bertz CT molecular complexity index is 772. The lowest BCUT2D eigenvalue weighted by Crippen LogP contribution is -2.39. The van der Waals surface area contributed by atoms with E-state index in [1.807, 2.05) is 0 Å². The molecule has 0 aliphatic carbocycles. The molecule has 0 saturated carbocycles. The zero-order valence-electron chi connectivity index (χ0n) is 10.9. The number of rotatable bonds is 2. The molecule has 106 valence electrons. The van der Waals surface area contributed by atoms with Crippen molar-refractivity contribution in [2.45, 2.75) is 18.8 Å². The number of piperidine rings is 1. The van der Waals surface area contributed by atoms with Crippen LogP contribution in [0.15, 0.2) is 24.5 Å². The number of aromatic carboxylic acids is 1. The molecule has 0 radical (unpaired) electrons. The molecule has 0 bridgehead atoms. The van der Waals surface area contributed by atoms with Gasteiger partial charge in [-0.1, -0.05) is 6.07 Å². The zero-order valence-corrected chi connectivity index (χ0v) is 10.9. The highest BCUT2D eigenvalue weighted by Crippen LogP contribution is 2.28. The molecule has 2 aromatic rings. The van der Waals surface area contributed by atoms with Crippen molar-refractivity contribution in [1.82, 2.24) is 15.3 Å².